The van der Waals surface area contributed by atoms with Gasteiger partial charge in [0.1, 0.15) is 17.7 Å². The van der Waals surface area contributed by atoms with Gasteiger partial charge >= 0.3 is 0 Å². The Morgan fingerprint density at radius 2 is 1.71 bits per heavy atom. The van der Waals surface area contributed by atoms with Gasteiger partial charge in [0.25, 0.3) is 0 Å². The summed E-state index contributed by atoms with van der Waals surface area (Å²) in [5, 5.41) is 3.28. The Morgan fingerprint density at radius 1 is 1.03 bits per heavy atom. The molecule has 3 N–H and O–H groups in total. The van der Waals surface area contributed by atoms with Crippen molar-refractivity contribution in [1.82, 2.24) is 5.32 Å². The van der Waals surface area contributed by atoms with Gasteiger partial charge in [0.15, 0.2) is 0 Å². The van der Waals surface area contributed by atoms with Gasteiger partial charge in [-0.2, -0.15) is 0 Å². The van der Waals surface area contributed by atoms with Gasteiger partial charge in [0.05, 0.1) is 6.61 Å². The zero-order chi connectivity index (χ0) is 27.1. The number of hydrogen-bond donors (Lipinski definition) is 2. The van der Waals surface area contributed by atoms with Crippen LogP contribution in [0.1, 0.15) is 99.8 Å². The summed E-state index contributed by atoms with van der Waals surface area (Å²) in [5.41, 5.74) is 9.47. The minimum absolute atomic E-state index is 0.122. The third-order valence-electron chi connectivity index (χ3n) is 7.65. The fraction of sp³-hybridized carbons (Fsp3) is 0.548. The predicted octanol–water partition coefficient (Wildman–Crippen LogP) is 6.18. The van der Waals surface area contributed by atoms with E-state index in [-0.39, 0.29) is 23.7 Å². The fourth-order valence-corrected chi connectivity index (χ4v) is 5.45. The van der Waals surface area contributed by atoms with Crippen LogP contribution < -0.4 is 20.7 Å². The quantitative estimate of drug-likeness (QED) is 0.249. The van der Waals surface area contributed by atoms with Crippen molar-refractivity contribution in [1.29, 1.82) is 0 Å². The highest BCUT2D eigenvalue weighted by Crippen LogP contribution is 2.47. The molecule has 2 aliphatic carbocycles. The number of benzene rings is 2. The van der Waals surface area contributed by atoms with E-state index < -0.39 is 6.04 Å². The third-order valence-corrected chi connectivity index (χ3v) is 7.88. The first kappa shape index (κ1) is 28.4. The first-order chi connectivity index (χ1) is 18.4. The smallest absolute Gasteiger partial charge is 0.248 e. The summed E-state index contributed by atoms with van der Waals surface area (Å²) >= 11 is 6.20. The van der Waals surface area contributed by atoms with Gasteiger partial charge in [-0.3, -0.25) is 14.5 Å². The van der Waals surface area contributed by atoms with Crippen LogP contribution in [0.3, 0.4) is 0 Å². The van der Waals surface area contributed by atoms with Crippen LogP contribution in [0.2, 0.25) is 0 Å². The summed E-state index contributed by atoms with van der Waals surface area (Å²) in [7, 11) is 0. The van der Waals surface area contributed by atoms with Gasteiger partial charge in [0, 0.05) is 11.7 Å². The van der Waals surface area contributed by atoms with Crippen LogP contribution in [0, 0.1) is 0 Å². The lowest BCUT2D eigenvalue weighted by Gasteiger charge is -2.34. The maximum Gasteiger partial charge on any atom is 0.248 e. The normalized spacial score (nSPS) is 16.8. The van der Waals surface area contributed by atoms with E-state index in [1.807, 2.05) is 30.3 Å². The van der Waals surface area contributed by atoms with Crippen molar-refractivity contribution >= 4 is 29.1 Å². The number of nitrogens with one attached hydrogen (secondary N) is 1. The summed E-state index contributed by atoms with van der Waals surface area (Å²) in [5.74, 6) is 0.832. The van der Waals surface area contributed by atoms with Crippen molar-refractivity contribution in [3.63, 3.8) is 0 Å². The van der Waals surface area contributed by atoms with Crippen molar-refractivity contribution in [2.45, 2.75) is 89.1 Å². The number of rotatable bonds is 12. The standard InChI is InChI=1S/C31H42ClN3O3/c1-21(2)24-13-16-28(27(19-24)22-9-10-22)35(29(36)20-32)30(31(37)34-25-7-4-3-5-8-25)23-11-14-26(15-12-23)38-18-6-17-33/h11-16,19,21-22,25,30H,3-10,17-18,20,33H2,1-2H3,(H,34,37). The first-order valence-corrected chi connectivity index (χ1v) is 14.7. The zero-order valence-electron chi connectivity index (χ0n) is 22.8. The fourth-order valence-electron chi connectivity index (χ4n) is 5.32. The van der Waals surface area contributed by atoms with E-state index in [1.165, 1.54) is 12.0 Å². The molecule has 0 spiro atoms. The number of nitrogens with zero attached hydrogens (tertiary/aromatic N) is 1. The highest BCUT2D eigenvalue weighted by molar-refractivity contribution is 6.30. The minimum Gasteiger partial charge on any atom is -0.494 e. The van der Waals surface area contributed by atoms with Crippen LogP contribution >= 0.6 is 11.6 Å². The number of nitrogens with two attached hydrogens (primary N) is 1. The number of halogens is 1. The number of hydrogen-bond acceptors (Lipinski definition) is 4. The molecule has 2 amide bonds. The van der Waals surface area contributed by atoms with Crippen molar-refractivity contribution in [2.75, 3.05) is 23.9 Å². The Kier molecular flexibility index (Phi) is 10.1. The Labute approximate surface area is 232 Å². The molecule has 0 heterocycles. The minimum atomic E-state index is -0.830. The molecule has 7 heteroatoms. The van der Waals surface area contributed by atoms with Gasteiger partial charge in [-0.05, 0) is 85.4 Å². The molecule has 2 fully saturated rings. The number of carbonyl (C=O) groups excluding carboxylic acids is 2. The molecule has 6 nitrogen and oxygen atoms in total. The zero-order valence-corrected chi connectivity index (χ0v) is 23.5. The predicted molar refractivity (Wildman–Crippen MR) is 154 cm³/mol. The molecule has 0 radical (unpaired) electrons. The van der Waals surface area contributed by atoms with E-state index in [0.29, 0.717) is 30.7 Å². The lowest BCUT2D eigenvalue weighted by molar-refractivity contribution is -0.126. The largest absolute Gasteiger partial charge is 0.494 e. The van der Waals surface area contributed by atoms with E-state index in [1.54, 1.807) is 4.90 Å². The molecular formula is C31H42ClN3O3. The first-order valence-electron chi connectivity index (χ1n) is 14.2. The molecule has 2 aromatic carbocycles. The lowest BCUT2D eigenvalue weighted by atomic mass is 9.93. The molecule has 0 aromatic heterocycles. The van der Waals surface area contributed by atoms with E-state index in [9.17, 15) is 9.59 Å². The molecule has 2 aromatic rings. The van der Waals surface area contributed by atoms with Crippen LogP contribution in [0.15, 0.2) is 42.5 Å². The molecule has 1 unspecified atom stereocenters. The number of amides is 2. The highest BCUT2D eigenvalue weighted by Gasteiger charge is 2.37. The number of carbonyl (C=O) groups is 2. The Morgan fingerprint density at radius 3 is 2.32 bits per heavy atom. The van der Waals surface area contributed by atoms with Gasteiger partial charge < -0.3 is 15.8 Å². The molecule has 38 heavy (non-hydrogen) atoms. The monoisotopic (exact) mass is 539 g/mol. The SMILES string of the molecule is CC(C)c1ccc(N(C(=O)CCl)C(C(=O)NC2CCCCC2)c2ccc(OCCCN)cc2)c(C2CC2)c1. The van der Waals surface area contributed by atoms with Crippen LogP contribution in [-0.2, 0) is 9.59 Å². The second-order valence-electron chi connectivity index (χ2n) is 11.0. The second kappa shape index (κ2) is 13.5. The Bertz CT molecular complexity index is 1080. The van der Waals surface area contributed by atoms with Crippen molar-refractivity contribution < 1.29 is 14.3 Å². The number of alkyl halides is 1. The van der Waals surface area contributed by atoms with Gasteiger partial charge in [-0.1, -0.05) is 57.4 Å². The Hall–Kier alpha value is -2.57. The maximum atomic E-state index is 14.0. The van der Waals surface area contributed by atoms with Gasteiger partial charge in [-0.15, -0.1) is 11.6 Å². The molecule has 1 atom stereocenters. The van der Waals surface area contributed by atoms with Crippen molar-refractivity contribution in [2.24, 2.45) is 5.73 Å². The summed E-state index contributed by atoms with van der Waals surface area (Å²) < 4.78 is 5.79. The summed E-state index contributed by atoms with van der Waals surface area (Å²) in [6.45, 7) is 5.44. The van der Waals surface area contributed by atoms with Crippen molar-refractivity contribution in [3.8, 4) is 5.75 Å². The molecule has 206 valence electrons. The summed E-state index contributed by atoms with van der Waals surface area (Å²) in [4.78, 5) is 29.2. The van der Waals surface area contributed by atoms with Gasteiger partial charge in [0.2, 0.25) is 11.8 Å². The summed E-state index contributed by atoms with van der Waals surface area (Å²) in [6.07, 6.45) is 8.29. The van der Waals surface area contributed by atoms with Crippen LogP contribution in [0.5, 0.6) is 5.75 Å². The second-order valence-corrected chi connectivity index (χ2v) is 11.2. The molecule has 2 saturated carbocycles. The van der Waals surface area contributed by atoms with E-state index in [0.717, 1.165) is 61.8 Å². The summed E-state index contributed by atoms with van der Waals surface area (Å²) in [6, 6.07) is 13.1. The Balaban J connectivity index is 1.74. The average Bonchev–Trinajstić information content (AvgIpc) is 3.78. The molecule has 2 aliphatic rings. The van der Waals surface area contributed by atoms with Crippen LogP contribution in [-0.4, -0.2) is 36.9 Å². The average molecular weight is 540 g/mol. The molecule has 0 aliphatic heterocycles. The van der Waals surface area contributed by atoms with Crippen LogP contribution in [0.4, 0.5) is 5.69 Å². The lowest BCUT2D eigenvalue weighted by Crippen LogP contribution is -2.48. The molecular weight excluding hydrogens is 498 g/mol. The van der Waals surface area contributed by atoms with E-state index in [4.69, 9.17) is 22.1 Å². The highest BCUT2D eigenvalue weighted by atomic mass is 35.5. The van der Waals surface area contributed by atoms with Crippen LogP contribution in [0.25, 0.3) is 0 Å². The van der Waals surface area contributed by atoms with Gasteiger partial charge in [-0.25, -0.2) is 0 Å². The number of anilines is 1. The molecule has 4 rings (SSSR count). The van der Waals surface area contributed by atoms with E-state index in [2.05, 4.69) is 31.3 Å². The molecule has 0 saturated heterocycles. The maximum absolute atomic E-state index is 14.0. The van der Waals surface area contributed by atoms with E-state index >= 15 is 0 Å². The number of ether oxygens (including phenoxy) is 1. The molecule has 0 bridgehead atoms. The topological polar surface area (TPSA) is 84.7 Å². The van der Waals surface area contributed by atoms with Crippen molar-refractivity contribution in [3.05, 3.63) is 59.2 Å². The third kappa shape index (κ3) is 7.09.